The van der Waals surface area contributed by atoms with Crippen molar-refractivity contribution in [3.8, 4) is 11.5 Å². The number of guanidine groups is 1. The largest absolute Gasteiger partial charge is 0.493 e. The van der Waals surface area contributed by atoms with E-state index in [0.717, 1.165) is 49.3 Å². The zero-order valence-corrected chi connectivity index (χ0v) is 18.4. The maximum Gasteiger partial charge on any atom is 0.193 e. The van der Waals surface area contributed by atoms with E-state index in [-0.39, 0.29) is 0 Å². The minimum absolute atomic E-state index is 0.699. The summed E-state index contributed by atoms with van der Waals surface area (Å²) in [6.45, 7) is 2.97. The fourth-order valence-corrected chi connectivity index (χ4v) is 4.63. The van der Waals surface area contributed by atoms with Crippen molar-refractivity contribution in [2.24, 2.45) is 10.9 Å². The highest BCUT2D eigenvalue weighted by atomic mass is 32.2. The van der Waals surface area contributed by atoms with Gasteiger partial charge in [0.15, 0.2) is 17.5 Å². The molecule has 1 aliphatic heterocycles. The van der Waals surface area contributed by atoms with Crippen molar-refractivity contribution in [3.05, 3.63) is 54.1 Å². The Morgan fingerprint density at radius 1 is 1.14 bits per heavy atom. The van der Waals surface area contributed by atoms with Gasteiger partial charge in [0.25, 0.3) is 0 Å². The van der Waals surface area contributed by atoms with Crippen LogP contribution < -0.4 is 14.8 Å². The molecule has 0 aromatic heterocycles. The van der Waals surface area contributed by atoms with Crippen LogP contribution >= 0.6 is 11.8 Å². The highest BCUT2D eigenvalue weighted by Gasteiger charge is 2.24. The molecule has 0 spiro atoms. The Morgan fingerprint density at radius 3 is 2.66 bits per heavy atom. The molecule has 2 aromatic carbocycles. The molecule has 3 rings (SSSR count). The summed E-state index contributed by atoms with van der Waals surface area (Å²) in [6, 6.07) is 16.7. The van der Waals surface area contributed by atoms with Crippen molar-refractivity contribution in [3.63, 3.8) is 0 Å². The molecule has 1 N–H and O–H groups in total. The van der Waals surface area contributed by atoms with Crippen molar-refractivity contribution in [1.82, 2.24) is 10.2 Å². The molecule has 1 unspecified atom stereocenters. The van der Waals surface area contributed by atoms with Crippen LogP contribution in [0.1, 0.15) is 12.0 Å². The molecule has 156 valence electrons. The smallest absolute Gasteiger partial charge is 0.193 e. The summed E-state index contributed by atoms with van der Waals surface area (Å²) < 4.78 is 10.7. The molecule has 0 amide bonds. The number of methoxy groups -OCH3 is 2. The molecule has 29 heavy (non-hydrogen) atoms. The Morgan fingerprint density at radius 2 is 1.93 bits per heavy atom. The number of nitrogens with zero attached hydrogens (tertiary/aromatic N) is 2. The summed E-state index contributed by atoms with van der Waals surface area (Å²) in [7, 11) is 5.19. The Bertz CT molecular complexity index is 798. The van der Waals surface area contributed by atoms with E-state index >= 15 is 0 Å². The van der Waals surface area contributed by atoms with Gasteiger partial charge in [-0.25, -0.2) is 0 Å². The number of likely N-dealkylation sites (tertiary alicyclic amines) is 1. The van der Waals surface area contributed by atoms with E-state index in [0.29, 0.717) is 5.92 Å². The van der Waals surface area contributed by atoms with Crippen LogP contribution in [0.15, 0.2) is 58.4 Å². The predicted octanol–water partition coefficient (Wildman–Crippen LogP) is 3.94. The van der Waals surface area contributed by atoms with Gasteiger partial charge in [0, 0.05) is 37.3 Å². The lowest BCUT2D eigenvalue weighted by Crippen LogP contribution is -2.41. The Kier molecular flexibility index (Phi) is 8.11. The molecule has 1 aliphatic rings. The minimum Gasteiger partial charge on any atom is -0.493 e. The molecule has 0 saturated carbocycles. The number of hydrogen-bond acceptors (Lipinski definition) is 4. The van der Waals surface area contributed by atoms with Gasteiger partial charge in [-0.2, -0.15) is 0 Å². The topological polar surface area (TPSA) is 46.1 Å². The molecule has 1 fully saturated rings. The van der Waals surface area contributed by atoms with Crippen LogP contribution in [0.25, 0.3) is 0 Å². The van der Waals surface area contributed by atoms with E-state index in [2.05, 4.69) is 51.6 Å². The molecule has 5 nitrogen and oxygen atoms in total. The second-order valence-corrected chi connectivity index (χ2v) is 8.23. The van der Waals surface area contributed by atoms with Gasteiger partial charge >= 0.3 is 0 Å². The first-order valence-electron chi connectivity index (χ1n) is 10.1. The third-order valence-electron chi connectivity index (χ3n) is 5.17. The molecule has 6 heteroatoms. The Labute approximate surface area is 178 Å². The first kappa shape index (κ1) is 21.4. The number of ether oxygens (including phenoxy) is 2. The summed E-state index contributed by atoms with van der Waals surface area (Å²) in [5, 5.41) is 3.52. The molecule has 1 heterocycles. The van der Waals surface area contributed by atoms with Crippen molar-refractivity contribution in [2.75, 3.05) is 46.7 Å². The van der Waals surface area contributed by atoms with Gasteiger partial charge in [-0.15, -0.1) is 11.8 Å². The van der Waals surface area contributed by atoms with Crippen LogP contribution in [0, 0.1) is 5.92 Å². The fraction of sp³-hybridized carbons (Fsp3) is 0.435. The molecule has 0 radical (unpaired) electrons. The lowest BCUT2D eigenvalue weighted by Gasteiger charge is -2.22. The van der Waals surface area contributed by atoms with Crippen LogP contribution in [0.2, 0.25) is 0 Å². The van der Waals surface area contributed by atoms with Gasteiger partial charge in [-0.1, -0.05) is 24.3 Å². The van der Waals surface area contributed by atoms with Gasteiger partial charge in [0.1, 0.15) is 0 Å². The van der Waals surface area contributed by atoms with Crippen molar-refractivity contribution in [2.45, 2.75) is 17.7 Å². The van der Waals surface area contributed by atoms with E-state index in [9.17, 15) is 0 Å². The molecular weight excluding hydrogens is 382 g/mol. The van der Waals surface area contributed by atoms with Crippen LogP contribution in [0.4, 0.5) is 0 Å². The van der Waals surface area contributed by atoms with E-state index < -0.39 is 0 Å². The first-order chi connectivity index (χ1) is 14.2. The van der Waals surface area contributed by atoms with Gasteiger partial charge in [0.2, 0.25) is 0 Å². The number of hydrogen-bond donors (Lipinski definition) is 1. The summed E-state index contributed by atoms with van der Waals surface area (Å²) in [5.74, 6) is 4.38. The minimum atomic E-state index is 0.699. The van der Waals surface area contributed by atoms with E-state index in [1.165, 1.54) is 16.9 Å². The second kappa shape index (κ2) is 11.0. The zero-order chi connectivity index (χ0) is 20.5. The molecule has 1 saturated heterocycles. The van der Waals surface area contributed by atoms with Crippen molar-refractivity contribution < 1.29 is 9.47 Å². The summed E-state index contributed by atoms with van der Waals surface area (Å²) in [5.41, 5.74) is 1.21. The molecule has 1 atom stereocenters. The average molecular weight is 414 g/mol. The zero-order valence-electron chi connectivity index (χ0n) is 17.6. The van der Waals surface area contributed by atoms with E-state index in [4.69, 9.17) is 9.47 Å². The monoisotopic (exact) mass is 413 g/mol. The Balaban J connectivity index is 1.44. The maximum atomic E-state index is 5.39. The highest BCUT2D eigenvalue weighted by Crippen LogP contribution is 2.28. The number of rotatable bonds is 8. The van der Waals surface area contributed by atoms with Crippen LogP contribution in [-0.2, 0) is 6.42 Å². The van der Waals surface area contributed by atoms with Gasteiger partial charge in [-0.05, 0) is 48.6 Å². The third-order valence-corrected chi connectivity index (χ3v) is 6.41. The lowest BCUT2D eigenvalue weighted by atomic mass is 10.1. The van der Waals surface area contributed by atoms with Crippen LogP contribution in [0.5, 0.6) is 11.5 Å². The van der Waals surface area contributed by atoms with Crippen molar-refractivity contribution in [1.29, 1.82) is 0 Å². The standard InChI is InChI=1S/C23H31N3O2S/c1-24-23(25-13-11-18-9-10-21(27-2)22(15-18)28-3)26-14-12-19(16-26)17-29-20-7-5-4-6-8-20/h4-10,15,19H,11-14,16-17H2,1-3H3,(H,24,25). The quantitative estimate of drug-likeness (QED) is 0.404. The van der Waals surface area contributed by atoms with Crippen LogP contribution in [0.3, 0.4) is 0 Å². The summed E-state index contributed by atoms with van der Waals surface area (Å²) in [4.78, 5) is 8.23. The number of nitrogens with one attached hydrogen (secondary N) is 1. The number of aliphatic imine (C=N–C) groups is 1. The van der Waals surface area contributed by atoms with Gasteiger partial charge in [-0.3, -0.25) is 4.99 Å². The summed E-state index contributed by atoms with van der Waals surface area (Å²) >= 11 is 1.95. The average Bonchev–Trinajstić information content (AvgIpc) is 3.24. The molecular formula is C23H31N3O2S. The Hall–Kier alpha value is -2.34. The number of benzene rings is 2. The SMILES string of the molecule is CN=C(NCCc1ccc(OC)c(OC)c1)N1CCC(CSc2ccccc2)C1. The van der Waals surface area contributed by atoms with Gasteiger partial charge < -0.3 is 19.7 Å². The lowest BCUT2D eigenvalue weighted by molar-refractivity contribution is 0.354. The molecule has 0 bridgehead atoms. The molecule has 2 aromatic rings. The second-order valence-electron chi connectivity index (χ2n) is 7.14. The molecule has 0 aliphatic carbocycles. The fourth-order valence-electron chi connectivity index (χ4n) is 3.58. The third kappa shape index (κ3) is 6.07. The normalized spacial score (nSPS) is 16.7. The first-order valence-corrected chi connectivity index (χ1v) is 11.1. The maximum absolute atomic E-state index is 5.39. The predicted molar refractivity (Wildman–Crippen MR) is 121 cm³/mol. The van der Waals surface area contributed by atoms with Gasteiger partial charge in [0.05, 0.1) is 14.2 Å². The highest BCUT2D eigenvalue weighted by molar-refractivity contribution is 7.99. The van der Waals surface area contributed by atoms with E-state index in [1.54, 1.807) is 14.2 Å². The van der Waals surface area contributed by atoms with Crippen molar-refractivity contribution >= 4 is 17.7 Å². The van der Waals surface area contributed by atoms with E-state index in [1.807, 2.05) is 30.9 Å². The van der Waals surface area contributed by atoms with Crippen LogP contribution in [-0.4, -0.2) is 57.5 Å². The number of thioether (sulfide) groups is 1. The summed E-state index contributed by atoms with van der Waals surface area (Å²) in [6.07, 6.45) is 2.12.